The van der Waals surface area contributed by atoms with Crippen LogP contribution in [0.3, 0.4) is 0 Å². The molecule has 1 amide bonds. The lowest BCUT2D eigenvalue weighted by Crippen LogP contribution is -2.25. The van der Waals surface area contributed by atoms with Crippen molar-refractivity contribution in [2.24, 2.45) is 12.1 Å². The first-order valence-corrected chi connectivity index (χ1v) is 9.30. The van der Waals surface area contributed by atoms with Gasteiger partial charge in [0.05, 0.1) is 16.7 Å². The van der Waals surface area contributed by atoms with E-state index in [0.29, 0.717) is 5.69 Å². The van der Waals surface area contributed by atoms with Gasteiger partial charge in [-0.2, -0.15) is 10.1 Å². The predicted molar refractivity (Wildman–Crippen MR) is 116 cm³/mol. The molecule has 0 atom stereocenters. The number of aryl methyl sites for hydroxylation is 1. The van der Waals surface area contributed by atoms with Crippen molar-refractivity contribution in [1.82, 2.24) is 9.58 Å². The molecule has 0 fully saturated rings. The van der Waals surface area contributed by atoms with E-state index in [1.54, 1.807) is 6.07 Å². The Morgan fingerprint density at radius 3 is 2.45 bits per heavy atom. The highest BCUT2D eigenvalue weighted by atomic mass is 16.6. The lowest BCUT2D eigenvalue weighted by Gasteiger charge is -2.17. The van der Waals surface area contributed by atoms with Crippen molar-refractivity contribution < 1.29 is 19.2 Å². The van der Waals surface area contributed by atoms with E-state index < -0.39 is 16.8 Å². The number of amides is 1. The Morgan fingerprint density at radius 2 is 1.81 bits per heavy atom. The van der Waals surface area contributed by atoms with E-state index >= 15 is 0 Å². The van der Waals surface area contributed by atoms with E-state index in [1.807, 2.05) is 41.9 Å². The van der Waals surface area contributed by atoms with Gasteiger partial charge >= 0.3 is 5.97 Å². The molecule has 0 saturated carbocycles. The third-order valence-corrected chi connectivity index (χ3v) is 4.46. The van der Waals surface area contributed by atoms with Crippen molar-refractivity contribution >= 4 is 40.8 Å². The zero-order valence-corrected chi connectivity index (χ0v) is 17.2. The van der Waals surface area contributed by atoms with Gasteiger partial charge in [0.15, 0.2) is 0 Å². The van der Waals surface area contributed by atoms with E-state index in [9.17, 15) is 19.7 Å². The summed E-state index contributed by atoms with van der Waals surface area (Å²) in [5.41, 5.74) is 1.66. The minimum Gasteiger partial charge on any atom is -0.407 e. The summed E-state index contributed by atoms with van der Waals surface area (Å²) in [6.07, 6.45) is 2.69. The lowest BCUT2D eigenvalue weighted by molar-refractivity contribution is -0.385. The average molecular weight is 420 g/mol. The van der Waals surface area contributed by atoms with Gasteiger partial charge < -0.3 is 9.30 Å². The quantitative estimate of drug-likeness (QED) is 0.198. The minimum atomic E-state index is -0.642. The van der Waals surface area contributed by atoms with Crippen LogP contribution in [0.15, 0.2) is 65.6 Å². The van der Waals surface area contributed by atoms with Gasteiger partial charge in [0, 0.05) is 49.6 Å². The highest BCUT2D eigenvalue weighted by molar-refractivity contribution is 5.88. The molecule has 0 aliphatic rings. The minimum absolute atomic E-state index is 0.124. The van der Waals surface area contributed by atoms with Crippen molar-refractivity contribution in [3.05, 3.63) is 81.9 Å². The SMILES string of the molecule is CC(=O)O/C(=C\c1cc2ccccc2n1C)N(/N=C\c1ccccc1[N+](=O)[O-])C(C)=O. The highest BCUT2D eigenvalue weighted by Crippen LogP contribution is 2.22. The Labute approximate surface area is 178 Å². The molecule has 0 N–H and O–H groups in total. The number of para-hydroxylation sites is 2. The fraction of sp³-hybridized carbons (Fsp3) is 0.136. The molecule has 9 heteroatoms. The molecule has 1 heterocycles. The summed E-state index contributed by atoms with van der Waals surface area (Å²) in [6.45, 7) is 2.45. The van der Waals surface area contributed by atoms with Crippen LogP contribution in [0.4, 0.5) is 5.69 Å². The van der Waals surface area contributed by atoms with Crippen LogP contribution in [0, 0.1) is 10.1 Å². The largest absolute Gasteiger partial charge is 0.407 e. The number of hydrogen-bond acceptors (Lipinski definition) is 6. The molecule has 0 bridgehead atoms. The van der Waals surface area contributed by atoms with Crippen molar-refractivity contribution in [3.63, 3.8) is 0 Å². The number of nitrogens with zero attached hydrogens (tertiary/aromatic N) is 4. The number of hydrogen-bond donors (Lipinski definition) is 0. The van der Waals surface area contributed by atoms with Gasteiger partial charge in [0.2, 0.25) is 11.8 Å². The maximum atomic E-state index is 12.3. The van der Waals surface area contributed by atoms with Crippen LogP contribution in [0.5, 0.6) is 0 Å². The number of fused-ring (bicyclic) bond motifs is 1. The second-order valence-corrected chi connectivity index (χ2v) is 6.65. The molecule has 3 rings (SSSR count). The molecule has 0 aliphatic carbocycles. The van der Waals surface area contributed by atoms with Gasteiger partial charge in [-0.05, 0) is 18.2 Å². The topological polar surface area (TPSA) is 107 Å². The van der Waals surface area contributed by atoms with Crippen molar-refractivity contribution in [3.8, 4) is 0 Å². The molecule has 0 saturated heterocycles. The Kier molecular flexibility index (Phi) is 6.25. The first kappa shape index (κ1) is 21.4. The number of nitro benzene ring substituents is 1. The molecule has 0 unspecified atom stereocenters. The monoisotopic (exact) mass is 420 g/mol. The number of rotatable bonds is 6. The number of hydrazone groups is 1. The molecule has 31 heavy (non-hydrogen) atoms. The molecule has 158 valence electrons. The first-order chi connectivity index (χ1) is 14.8. The summed E-state index contributed by atoms with van der Waals surface area (Å²) in [5, 5.41) is 17.1. The molecule has 0 radical (unpaired) electrons. The first-order valence-electron chi connectivity index (χ1n) is 9.30. The van der Waals surface area contributed by atoms with Crippen LogP contribution in [0.25, 0.3) is 17.0 Å². The van der Waals surface area contributed by atoms with Crippen LogP contribution in [-0.2, 0) is 21.4 Å². The molecular weight excluding hydrogens is 400 g/mol. The van der Waals surface area contributed by atoms with Crippen molar-refractivity contribution in [2.45, 2.75) is 13.8 Å². The molecule has 9 nitrogen and oxygen atoms in total. The number of esters is 1. The predicted octanol–water partition coefficient (Wildman–Crippen LogP) is 3.83. The molecule has 0 spiro atoms. The zero-order chi connectivity index (χ0) is 22.5. The second kappa shape index (κ2) is 9.04. The smallest absolute Gasteiger partial charge is 0.309 e. The molecular formula is C22H20N4O5. The molecule has 0 aliphatic heterocycles. The van der Waals surface area contributed by atoms with Crippen LogP contribution in [0.1, 0.15) is 25.1 Å². The molecule has 2 aromatic carbocycles. The third-order valence-electron chi connectivity index (χ3n) is 4.46. The van der Waals surface area contributed by atoms with Crippen LogP contribution < -0.4 is 0 Å². The van der Waals surface area contributed by atoms with Gasteiger partial charge in [0.1, 0.15) is 0 Å². The van der Waals surface area contributed by atoms with E-state index in [0.717, 1.165) is 15.9 Å². The maximum absolute atomic E-state index is 12.3. The fourth-order valence-electron chi connectivity index (χ4n) is 3.03. The highest BCUT2D eigenvalue weighted by Gasteiger charge is 2.19. The van der Waals surface area contributed by atoms with E-state index in [2.05, 4.69) is 5.10 Å². The third kappa shape index (κ3) is 4.84. The Bertz CT molecular complexity index is 1230. The van der Waals surface area contributed by atoms with E-state index in [4.69, 9.17) is 4.74 Å². The van der Waals surface area contributed by atoms with Crippen LogP contribution >= 0.6 is 0 Å². The normalized spacial score (nSPS) is 11.6. The summed E-state index contributed by atoms with van der Waals surface area (Å²) < 4.78 is 7.14. The van der Waals surface area contributed by atoms with Crippen molar-refractivity contribution in [2.75, 3.05) is 0 Å². The number of ether oxygens (including phenoxy) is 1. The van der Waals surface area contributed by atoms with Crippen molar-refractivity contribution in [1.29, 1.82) is 0 Å². The van der Waals surface area contributed by atoms with Gasteiger partial charge in [-0.1, -0.05) is 30.3 Å². The molecule has 3 aromatic rings. The summed E-state index contributed by atoms with van der Waals surface area (Å²) in [5.74, 6) is -1.31. The summed E-state index contributed by atoms with van der Waals surface area (Å²) >= 11 is 0. The average Bonchev–Trinajstić information content (AvgIpc) is 3.03. The van der Waals surface area contributed by atoms with Crippen LogP contribution in [-0.4, -0.2) is 32.6 Å². The standard InChI is InChI=1S/C22H20N4O5/c1-15(27)25(23-14-18-9-5-7-11-21(18)26(29)30)22(31-16(2)28)13-19-12-17-8-4-6-10-20(17)24(19)3/h4-14H,1-3H3/b22-13-,23-14-. The van der Waals surface area contributed by atoms with E-state index in [1.165, 1.54) is 44.3 Å². The maximum Gasteiger partial charge on any atom is 0.309 e. The summed E-state index contributed by atoms with van der Waals surface area (Å²) in [4.78, 5) is 34.7. The fourth-order valence-corrected chi connectivity index (χ4v) is 3.03. The zero-order valence-electron chi connectivity index (χ0n) is 17.2. The number of benzene rings is 2. The molecule has 1 aromatic heterocycles. The van der Waals surface area contributed by atoms with Gasteiger partial charge in [-0.25, -0.2) is 0 Å². The Balaban J connectivity index is 2.07. The van der Waals surface area contributed by atoms with Gasteiger partial charge in [-0.15, -0.1) is 0 Å². The summed E-state index contributed by atoms with van der Waals surface area (Å²) in [7, 11) is 1.84. The Hall–Kier alpha value is -4.27. The van der Waals surface area contributed by atoms with Gasteiger partial charge in [-0.3, -0.25) is 19.7 Å². The van der Waals surface area contributed by atoms with E-state index in [-0.39, 0.29) is 17.1 Å². The number of carbonyl (C=O) groups excluding carboxylic acids is 2. The van der Waals surface area contributed by atoms with Crippen LogP contribution in [0.2, 0.25) is 0 Å². The number of aromatic nitrogens is 1. The second-order valence-electron chi connectivity index (χ2n) is 6.65. The summed E-state index contributed by atoms with van der Waals surface area (Å²) in [6, 6.07) is 15.5. The lowest BCUT2D eigenvalue weighted by atomic mass is 10.2. The number of nitro groups is 1. The van der Waals surface area contributed by atoms with Gasteiger partial charge in [0.25, 0.3) is 5.69 Å². The number of carbonyl (C=O) groups is 2. The Morgan fingerprint density at radius 1 is 1.13 bits per heavy atom.